The fraction of sp³-hybridized carbons (Fsp3) is 0.667. The summed E-state index contributed by atoms with van der Waals surface area (Å²) in [6.45, 7) is 4.26. The van der Waals surface area contributed by atoms with E-state index in [1.165, 1.54) is 0 Å². The van der Waals surface area contributed by atoms with Crippen LogP contribution in [-0.4, -0.2) is 26.7 Å². The van der Waals surface area contributed by atoms with Crippen molar-refractivity contribution in [2.75, 3.05) is 13.2 Å². The topological polar surface area (TPSA) is 66.4 Å². The molecular weight excluding hydrogens is 306 g/mol. The second-order valence-corrected chi connectivity index (χ2v) is 8.19. The minimum Gasteiger partial charge on any atom is -0.396 e. The van der Waals surface area contributed by atoms with Crippen molar-refractivity contribution >= 4 is 33.0 Å². The molecule has 0 saturated carbocycles. The van der Waals surface area contributed by atoms with Gasteiger partial charge in [0, 0.05) is 13.2 Å². The summed E-state index contributed by atoms with van der Waals surface area (Å²) in [6.07, 6.45) is 2.48. The Balaban J connectivity index is 2.68. The molecule has 0 bridgehead atoms. The zero-order valence-corrected chi connectivity index (χ0v) is 13.5. The average molecular weight is 326 g/mol. The molecule has 0 fully saturated rings. The molecule has 0 spiro atoms. The molecule has 0 amide bonds. The molecule has 0 radical (unpaired) electrons. The second kappa shape index (κ2) is 7.59. The predicted octanol–water partition coefficient (Wildman–Crippen LogP) is 2.79. The van der Waals surface area contributed by atoms with Gasteiger partial charge in [-0.15, -0.1) is 11.3 Å². The molecule has 1 atom stereocenters. The van der Waals surface area contributed by atoms with Crippen LogP contribution in [0.1, 0.15) is 31.7 Å². The summed E-state index contributed by atoms with van der Waals surface area (Å²) in [5, 5.41) is 8.96. The van der Waals surface area contributed by atoms with Gasteiger partial charge in [-0.2, -0.15) is 0 Å². The van der Waals surface area contributed by atoms with Crippen LogP contribution in [-0.2, 0) is 10.0 Å². The van der Waals surface area contributed by atoms with Crippen molar-refractivity contribution in [3.63, 3.8) is 0 Å². The first kappa shape index (κ1) is 16.9. The Hall–Kier alpha value is -0.140. The molecular formula is C12H20ClNO3S2. The van der Waals surface area contributed by atoms with Crippen LogP contribution in [0, 0.1) is 12.8 Å². The van der Waals surface area contributed by atoms with Gasteiger partial charge in [-0.3, -0.25) is 0 Å². The largest absolute Gasteiger partial charge is 0.396 e. The Bertz CT molecular complexity index is 474. The van der Waals surface area contributed by atoms with Gasteiger partial charge in [0.1, 0.15) is 4.21 Å². The van der Waals surface area contributed by atoms with Crippen molar-refractivity contribution in [3.05, 3.63) is 16.0 Å². The molecule has 1 unspecified atom stereocenters. The molecule has 0 saturated heterocycles. The summed E-state index contributed by atoms with van der Waals surface area (Å²) in [7, 11) is -3.49. The SMILES string of the molecule is CCCC(CCO)CNS(=O)(=O)c1cc(C)c(Cl)s1. The van der Waals surface area contributed by atoms with Crippen LogP contribution in [0.4, 0.5) is 0 Å². The second-order valence-electron chi connectivity index (χ2n) is 4.54. The lowest BCUT2D eigenvalue weighted by atomic mass is 10.0. The van der Waals surface area contributed by atoms with Crippen LogP contribution in [0.5, 0.6) is 0 Å². The van der Waals surface area contributed by atoms with Crippen LogP contribution in [0.2, 0.25) is 4.34 Å². The maximum Gasteiger partial charge on any atom is 0.250 e. The third-order valence-electron chi connectivity index (χ3n) is 2.90. The summed E-state index contributed by atoms with van der Waals surface area (Å²) in [5.74, 6) is 0.168. The lowest BCUT2D eigenvalue weighted by Crippen LogP contribution is -2.29. The number of sulfonamides is 1. The molecule has 1 aromatic rings. The van der Waals surface area contributed by atoms with Crippen molar-refractivity contribution < 1.29 is 13.5 Å². The molecule has 19 heavy (non-hydrogen) atoms. The fourth-order valence-corrected chi connectivity index (χ4v) is 4.67. The Morgan fingerprint density at radius 1 is 1.47 bits per heavy atom. The van der Waals surface area contributed by atoms with E-state index in [4.69, 9.17) is 16.7 Å². The van der Waals surface area contributed by atoms with Gasteiger partial charge in [0.15, 0.2) is 0 Å². The monoisotopic (exact) mass is 325 g/mol. The van der Waals surface area contributed by atoms with Crippen molar-refractivity contribution in [3.8, 4) is 0 Å². The van der Waals surface area contributed by atoms with E-state index in [0.717, 1.165) is 29.7 Å². The van der Waals surface area contributed by atoms with Crippen LogP contribution < -0.4 is 4.72 Å². The van der Waals surface area contributed by atoms with Crippen molar-refractivity contribution in [2.45, 2.75) is 37.3 Å². The smallest absolute Gasteiger partial charge is 0.250 e. The van der Waals surface area contributed by atoms with Crippen molar-refractivity contribution in [1.29, 1.82) is 0 Å². The predicted molar refractivity (Wildman–Crippen MR) is 79.4 cm³/mol. The van der Waals surface area contributed by atoms with Gasteiger partial charge >= 0.3 is 0 Å². The van der Waals surface area contributed by atoms with Gasteiger partial charge < -0.3 is 5.11 Å². The Labute approximate surface area is 123 Å². The molecule has 0 aliphatic rings. The highest BCUT2D eigenvalue weighted by Gasteiger charge is 2.19. The van der Waals surface area contributed by atoms with Crippen LogP contribution in [0.25, 0.3) is 0 Å². The highest BCUT2D eigenvalue weighted by atomic mass is 35.5. The van der Waals surface area contributed by atoms with E-state index in [2.05, 4.69) is 4.72 Å². The zero-order chi connectivity index (χ0) is 14.5. The number of thiophene rings is 1. The van der Waals surface area contributed by atoms with E-state index in [-0.39, 0.29) is 16.7 Å². The minimum absolute atomic E-state index is 0.0797. The summed E-state index contributed by atoms with van der Waals surface area (Å²) >= 11 is 6.96. The van der Waals surface area contributed by atoms with Crippen LogP contribution in [0.3, 0.4) is 0 Å². The number of aryl methyl sites for hydroxylation is 1. The first-order valence-corrected chi connectivity index (χ1v) is 8.95. The number of hydrogen-bond donors (Lipinski definition) is 2. The normalized spacial score (nSPS) is 13.7. The maximum absolute atomic E-state index is 12.1. The number of aliphatic hydroxyl groups is 1. The molecule has 1 aromatic heterocycles. The first-order valence-electron chi connectivity index (χ1n) is 6.27. The first-order chi connectivity index (χ1) is 8.90. The molecule has 4 nitrogen and oxygen atoms in total. The molecule has 110 valence electrons. The summed E-state index contributed by atoms with van der Waals surface area (Å²) < 4.78 is 27.5. The third kappa shape index (κ3) is 5.04. The maximum atomic E-state index is 12.1. The van der Waals surface area contributed by atoms with Gasteiger partial charge in [-0.25, -0.2) is 13.1 Å². The third-order valence-corrected chi connectivity index (χ3v) is 6.35. The van der Waals surface area contributed by atoms with Crippen LogP contribution >= 0.6 is 22.9 Å². The van der Waals surface area contributed by atoms with E-state index in [1.807, 2.05) is 6.92 Å². The molecule has 0 aliphatic carbocycles. The fourth-order valence-electron chi connectivity index (χ4n) is 1.80. The molecule has 0 aromatic carbocycles. The average Bonchev–Trinajstić information content (AvgIpc) is 2.68. The number of halogens is 1. The Morgan fingerprint density at radius 2 is 2.16 bits per heavy atom. The highest BCUT2D eigenvalue weighted by molar-refractivity contribution is 7.91. The van der Waals surface area contributed by atoms with Gasteiger partial charge in [0.25, 0.3) is 0 Å². The van der Waals surface area contributed by atoms with E-state index in [0.29, 0.717) is 17.3 Å². The zero-order valence-electron chi connectivity index (χ0n) is 11.1. The summed E-state index contributed by atoms with van der Waals surface area (Å²) in [5.41, 5.74) is 0.771. The Morgan fingerprint density at radius 3 is 2.63 bits per heavy atom. The van der Waals surface area contributed by atoms with Crippen molar-refractivity contribution in [1.82, 2.24) is 4.72 Å². The number of hydrogen-bond acceptors (Lipinski definition) is 4. The molecule has 7 heteroatoms. The number of aliphatic hydroxyl groups excluding tert-OH is 1. The quantitative estimate of drug-likeness (QED) is 0.772. The van der Waals surface area contributed by atoms with Gasteiger partial charge in [0.2, 0.25) is 10.0 Å². The summed E-state index contributed by atoms with van der Waals surface area (Å²) in [6, 6.07) is 1.58. The number of rotatable bonds is 8. The molecule has 1 rings (SSSR count). The lowest BCUT2D eigenvalue weighted by molar-refractivity contribution is 0.251. The standard InChI is InChI=1S/C12H20ClNO3S2/c1-3-4-10(5-6-15)8-14-19(16,17)11-7-9(2)12(13)18-11/h7,10,14-15H,3-6,8H2,1-2H3. The number of nitrogens with one attached hydrogen (secondary N) is 1. The highest BCUT2D eigenvalue weighted by Crippen LogP contribution is 2.30. The summed E-state index contributed by atoms with van der Waals surface area (Å²) in [4.78, 5) is 0. The van der Waals surface area contributed by atoms with E-state index < -0.39 is 10.0 Å². The van der Waals surface area contributed by atoms with Crippen LogP contribution in [0.15, 0.2) is 10.3 Å². The molecule has 0 aliphatic heterocycles. The molecule has 1 heterocycles. The van der Waals surface area contributed by atoms with E-state index in [9.17, 15) is 8.42 Å². The molecule has 2 N–H and O–H groups in total. The van der Waals surface area contributed by atoms with Crippen molar-refractivity contribution in [2.24, 2.45) is 5.92 Å². The lowest BCUT2D eigenvalue weighted by Gasteiger charge is -2.15. The van der Waals surface area contributed by atoms with E-state index in [1.54, 1.807) is 13.0 Å². The minimum atomic E-state index is -3.49. The van der Waals surface area contributed by atoms with Gasteiger partial charge in [0.05, 0.1) is 4.34 Å². The van der Waals surface area contributed by atoms with Gasteiger partial charge in [-0.1, -0.05) is 24.9 Å². The Kier molecular flexibility index (Phi) is 6.76. The van der Waals surface area contributed by atoms with E-state index >= 15 is 0 Å². The van der Waals surface area contributed by atoms with Gasteiger partial charge in [-0.05, 0) is 37.3 Å².